The van der Waals surface area contributed by atoms with Crippen LogP contribution >= 0.6 is 11.6 Å². The molecule has 154 valence electrons. The molecule has 5 nitrogen and oxygen atoms in total. The summed E-state index contributed by atoms with van der Waals surface area (Å²) >= 11 is 6.21. The van der Waals surface area contributed by atoms with E-state index in [1.165, 1.54) is 11.1 Å². The third-order valence-electron chi connectivity index (χ3n) is 5.33. The number of halogens is 1. The van der Waals surface area contributed by atoms with E-state index >= 15 is 0 Å². The van der Waals surface area contributed by atoms with Gasteiger partial charge in [-0.15, -0.1) is 0 Å². The van der Waals surface area contributed by atoms with Gasteiger partial charge in [0.15, 0.2) is 0 Å². The highest BCUT2D eigenvalue weighted by Gasteiger charge is 2.18. The molecule has 1 aliphatic heterocycles. The Labute approximate surface area is 181 Å². The quantitative estimate of drug-likeness (QED) is 0.583. The number of ether oxygens (including phenoxy) is 1. The molecular formula is C24H24ClN3O2. The molecule has 2 aromatic carbocycles. The van der Waals surface area contributed by atoms with E-state index in [4.69, 9.17) is 16.3 Å². The molecule has 1 N–H and O–H groups in total. The smallest absolute Gasteiger partial charge is 0.321 e. The van der Waals surface area contributed by atoms with Crippen molar-refractivity contribution in [2.75, 3.05) is 18.4 Å². The van der Waals surface area contributed by atoms with Crippen molar-refractivity contribution in [3.8, 4) is 11.6 Å². The maximum atomic E-state index is 12.7. The predicted octanol–water partition coefficient (Wildman–Crippen LogP) is 5.78. The standard InChI is InChI=1S/C24H24ClN3O2/c1-16-13-21(14-17(2)23(16)25)30-22-8-7-20(15-26-22)27-24(29)28-11-9-18-5-3-4-6-19(18)10-12-28/h3-8,13-15H,9-12H2,1-2H3,(H,27,29). The van der Waals surface area contributed by atoms with Crippen molar-refractivity contribution in [2.45, 2.75) is 26.7 Å². The number of hydrogen-bond acceptors (Lipinski definition) is 3. The minimum atomic E-state index is -0.109. The summed E-state index contributed by atoms with van der Waals surface area (Å²) in [5, 5.41) is 3.68. The summed E-state index contributed by atoms with van der Waals surface area (Å²) < 4.78 is 5.83. The number of aryl methyl sites for hydroxylation is 2. The van der Waals surface area contributed by atoms with Crippen LogP contribution in [0.1, 0.15) is 22.3 Å². The summed E-state index contributed by atoms with van der Waals surface area (Å²) in [4.78, 5) is 18.9. The van der Waals surface area contributed by atoms with E-state index < -0.39 is 0 Å². The summed E-state index contributed by atoms with van der Waals surface area (Å²) in [7, 11) is 0. The molecule has 0 unspecified atom stereocenters. The maximum Gasteiger partial charge on any atom is 0.321 e. The molecule has 0 saturated heterocycles. The first-order valence-corrected chi connectivity index (χ1v) is 10.4. The van der Waals surface area contributed by atoms with Crippen molar-refractivity contribution in [2.24, 2.45) is 0 Å². The number of pyridine rings is 1. The van der Waals surface area contributed by atoms with E-state index in [9.17, 15) is 4.79 Å². The van der Waals surface area contributed by atoms with Gasteiger partial charge in [-0.2, -0.15) is 0 Å². The van der Waals surface area contributed by atoms with Crippen molar-refractivity contribution >= 4 is 23.3 Å². The Bertz CT molecular complexity index is 1020. The third kappa shape index (κ3) is 4.57. The number of nitrogens with one attached hydrogen (secondary N) is 1. The van der Waals surface area contributed by atoms with Crippen molar-refractivity contribution in [3.63, 3.8) is 0 Å². The largest absolute Gasteiger partial charge is 0.439 e. The van der Waals surface area contributed by atoms with Crippen LogP contribution in [-0.2, 0) is 12.8 Å². The van der Waals surface area contributed by atoms with Crippen molar-refractivity contribution in [3.05, 3.63) is 82.0 Å². The lowest BCUT2D eigenvalue weighted by Gasteiger charge is -2.20. The van der Waals surface area contributed by atoms with Gasteiger partial charge in [0.05, 0.1) is 11.9 Å². The van der Waals surface area contributed by atoms with Gasteiger partial charge in [0, 0.05) is 24.2 Å². The number of fused-ring (bicyclic) bond motifs is 1. The van der Waals surface area contributed by atoms with Crippen molar-refractivity contribution < 1.29 is 9.53 Å². The van der Waals surface area contributed by atoms with E-state index in [0.29, 0.717) is 30.4 Å². The van der Waals surface area contributed by atoms with Gasteiger partial charge >= 0.3 is 6.03 Å². The van der Waals surface area contributed by atoms with Gasteiger partial charge in [0.1, 0.15) is 5.75 Å². The second kappa shape index (κ2) is 8.76. The van der Waals surface area contributed by atoms with Crippen LogP contribution in [0.3, 0.4) is 0 Å². The molecule has 1 aromatic heterocycles. The Balaban J connectivity index is 1.37. The molecule has 4 rings (SSSR count). The molecular weight excluding hydrogens is 398 g/mol. The predicted molar refractivity (Wildman–Crippen MR) is 120 cm³/mol. The molecule has 0 bridgehead atoms. The monoisotopic (exact) mass is 421 g/mol. The van der Waals surface area contributed by atoms with Crippen LogP contribution in [0.4, 0.5) is 10.5 Å². The molecule has 3 aromatic rings. The van der Waals surface area contributed by atoms with Crippen LogP contribution in [-0.4, -0.2) is 29.0 Å². The van der Waals surface area contributed by atoms with Gasteiger partial charge in [0.25, 0.3) is 0 Å². The van der Waals surface area contributed by atoms with Crippen molar-refractivity contribution in [1.29, 1.82) is 0 Å². The Hall–Kier alpha value is -3.05. The van der Waals surface area contributed by atoms with Crippen LogP contribution in [0.15, 0.2) is 54.7 Å². The van der Waals surface area contributed by atoms with E-state index in [1.807, 2.05) is 30.9 Å². The van der Waals surface area contributed by atoms with Gasteiger partial charge in [-0.3, -0.25) is 0 Å². The minimum Gasteiger partial charge on any atom is -0.439 e. The number of amides is 2. The number of urea groups is 1. The first-order valence-electron chi connectivity index (χ1n) is 10.0. The molecule has 0 fully saturated rings. The Morgan fingerprint density at radius 3 is 2.23 bits per heavy atom. The van der Waals surface area contributed by atoms with Gasteiger partial charge in [-0.05, 0) is 67.1 Å². The molecule has 1 aliphatic rings. The fraction of sp³-hybridized carbons (Fsp3) is 0.250. The fourth-order valence-electron chi connectivity index (χ4n) is 3.67. The van der Waals surface area contributed by atoms with Crippen LogP contribution in [0.25, 0.3) is 0 Å². The van der Waals surface area contributed by atoms with Crippen molar-refractivity contribution in [1.82, 2.24) is 9.88 Å². The van der Waals surface area contributed by atoms with Crippen LogP contribution < -0.4 is 10.1 Å². The lowest BCUT2D eigenvalue weighted by Crippen LogP contribution is -2.36. The topological polar surface area (TPSA) is 54.5 Å². The molecule has 0 atom stereocenters. The SMILES string of the molecule is Cc1cc(Oc2ccc(NC(=O)N3CCc4ccccc4CC3)cn2)cc(C)c1Cl. The third-order valence-corrected chi connectivity index (χ3v) is 5.92. The first kappa shape index (κ1) is 20.2. The highest BCUT2D eigenvalue weighted by molar-refractivity contribution is 6.32. The minimum absolute atomic E-state index is 0.109. The van der Waals surface area contributed by atoms with E-state index in [1.54, 1.807) is 18.3 Å². The number of carbonyl (C=O) groups excluding carboxylic acids is 1. The second-order valence-electron chi connectivity index (χ2n) is 7.54. The molecule has 0 saturated carbocycles. The molecule has 0 aliphatic carbocycles. The second-order valence-corrected chi connectivity index (χ2v) is 7.92. The number of hydrogen-bond donors (Lipinski definition) is 1. The molecule has 0 spiro atoms. The summed E-state index contributed by atoms with van der Waals surface area (Å²) in [5.41, 5.74) is 5.19. The summed E-state index contributed by atoms with van der Waals surface area (Å²) in [6.45, 7) is 5.28. The average Bonchev–Trinajstić information content (AvgIpc) is 2.96. The lowest BCUT2D eigenvalue weighted by atomic mass is 10.0. The van der Waals surface area contributed by atoms with Crippen LogP contribution in [0, 0.1) is 13.8 Å². The number of rotatable bonds is 3. The summed E-state index contributed by atoms with van der Waals surface area (Å²) in [5.74, 6) is 1.14. The molecule has 0 radical (unpaired) electrons. The zero-order chi connectivity index (χ0) is 21.1. The van der Waals surface area contributed by atoms with Crippen LogP contribution in [0.2, 0.25) is 5.02 Å². The number of benzene rings is 2. The first-order chi connectivity index (χ1) is 14.5. The molecule has 2 amide bonds. The van der Waals surface area contributed by atoms with Gasteiger partial charge in [-0.25, -0.2) is 9.78 Å². The van der Waals surface area contributed by atoms with Gasteiger partial charge in [0.2, 0.25) is 5.88 Å². The highest BCUT2D eigenvalue weighted by atomic mass is 35.5. The van der Waals surface area contributed by atoms with E-state index in [-0.39, 0.29) is 6.03 Å². The molecule has 2 heterocycles. The summed E-state index contributed by atoms with van der Waals surface area (Å²) in [6, 6.07) is 15.6. The number of carbonyl (C=O) groups is 1. The lowest BCUT2D eigenvalue weighted by molar-refractivity contribution is 0.214. The number of anilines is 1. The van der Waals surface area contributed by atoms with E-state index in [0.717, 1.165) is 29.0 Å². The number of aromatic nitrogens is 1. The Kier molecular flexibility index (Phi) is 5.91. The van der Waals surface area contributed by atoms with E-state index in [2.05, 4.69) is 34.6 Å². The average molecular weight is 422 g/mol. The van der Waals surface area contributed by atoms with Gasteiger partial charge in [-0.1, -0.05) is 35.9 Å². The Morgan fingerprint density at radius 1 is 1.03 bits per heavy atom. The highest BCUT2D eigenvalue weighted by Crippen LogP contribution is 2.28. The molecule has 30 heavy (non-hydrogen) atoms. The maximum absolute atomic E-state index is 12.7. The number of nitrogens with zero attached hydrogens (tertiary/aromatic N) is 2. The normalized spacial score (nSPS) is 13.4. The zero-order valence-electron chi connectivity index (χ0n) is 17.1. The summed E-state index contributed by atoms with van der Waals surface area (Å²) in [6.07, 6.45) is 3.35. The zero-order valence-corrected chi connectivity index (χ0v) is 17.9. The fourth-order valence-corrected chi connectivity index (χ4v) is 3.78. The Morgan fingerprint density at radius 2 is 1.67 bits per heavy atom. The molecule has 6 heteroatoms. The van der Waals surface area contributed by atoms with Gasteiger partial charge < -0.3 is 15.0 Å². The van der Waals surface area contributed by atoms with Crippen LogP contribution in [0.5, 0.6) is 11.6 Å².